The molecule has 1 unspecified atom stereocenters. The number of rotatable bonds is 2. The second-order valence-corrected chi connectivity index (χ2v) is 4.54. The van der Waals surface area contributed by atoms with Crippen LogP contribution in [0.5, 0.6) is 5.75 Å². The number of phenolic OH excluding ortho intramolecular Hbond substituents is 1. The topological polar surface area (TPSA) is 83.6 Å². The van der Waals surface area contributed by atoms with Crippen LogP contribution in [0.4, 0.5) is 0 Å². The van der Waals surface area contributed by atoms with E-state index in [0.29, 0.717) is 18.7 Å². The Kier molecular flexibility index (Phi) is 3.50. The minimum Gasteiger partial charge on any atom is -0.508 e. The van der Waals surface area contributed by atoms with Crippen LogP contribution in [-0.4, -0.2) is 34.9 Å². The van der Waals surface area contributed by atoms with Gasteiger partial charge in [0.05, 0.1) is 5.92 Å². The van der Waals surface area contributed by atoms with Crippen LogP contribution < -0.4 is 5.73 Å². The first-order valence-corrected chi connectivity index (χ1v) is 5.95. The molecule has 1 aliphatic rings. The fourth-order valence-corrected chi connectivity index (χ4v) is 2.22. The Bertz CT molecular complexity index is 473. The zero-order valence-corrected chi connectivity index (χ0v) is 10.0. The highest BCUT2D eigenvalue weighted by Crippen LogP contribution is 2.19. The lowest BCUT2D eigenvalue weighted by Crippen LogP contribution is -2.44. The van der Waals surface area contributed by atoms with Crippen LogP contribution in [0.15, 0.2) is 24.3 Å². The third kappa shape index (κ3) is 2.61. The van der Waals surface area contributed by atoms with Crippen molar-refractivity contribution in [3.63, 3.8) is 0 Å². The molecule has 5 heteroatoms. The molecule has 18 heavy (non-hydrogen) atoms. The molecular weight excluding hydrogens is 232 g/mol. The molecule has 1 aliphatic heterocycles. The standard InChI is InChI=1S/C13H16N2O3/c14-12(17)10-4-2-6-15(8-10)13(18)9-3-1-5-11(16)7-9/h1,3,5,7,10,16H,2,4,6,8H2,(H2,14,17). The third-order valence-corrected chi connectivity index (χ3v) is 3.20. The van der Waals surface area contributed by atoms with Crippen LogP contribution >= 0.6 is 0 Å². The van der Waals surface area contributed by atoms with Crippen LogP contribution in [-0.2, 0) is 4.79 Å². The van der Waals surface area contributed by atoms with Crippen molar-refractivity contribution < 1.29 is 14.7 Å². The van der Waals surface area contributed by atoms with Crippen molar-refractivity contribution in [1.29, 1.82) is 0 Å². The minimum atomic E-state index is -0.358. The van der Waals surface area contributed by atoms with Gasteiger partial charge in [-0.05, 0) is 31.0 Å². The van der Waals surface area contributed by atoms with Gasteiger partial charge in [0.1, 0.15) is 5.75 Å². The van der Waals surface area contributed by atoms with Crippen LogP contribution in [0.3, 0.4) is 0 Å². The highest BCUT2D eigenvalue weighted by molar-refractivity contribution is 5.95. The number of benzene rings is 1. The fraction of sp³-hybridized carbons (Fsp3) is 0.385. The lowest BCUT2D eigenvalue weighted by Gasteiger charge is -2.31. The summed E-state index contributed by atoms with van der Waals surface area (Å²) in [6, 6.07) is 6.21. The number of likely N-dealkylation sites (tertiary alicyclic amines) is 1. The van der Waals surface area contributed by atoms with Gasteiger partial charge in [-0.25, -0.2) is 0 Å². The van der Waals surface area contributed by atoms with Crippen LogP contribution in [0.2, 0.25) is 0 Å². The van der Waals surface area contributed by atoms with Gasteiger partial charge >= 0.3 is 0 Å². The number of aromatic hydroxyl groups is 1. The maximum absolute atomic E-state index is 12.2. The largest absolute Gasteiger partial charge is 0.508 e. The Morgan fingerprint density at radius 1 is 1.39 bits per heavy atom. The Labute approximate surface area is 105 Å². The van der Waals surface area contributed by atoms with Crippen molar-refractivity contribution in [2.75, 3.05) is 13.1 Å². The lowest BCUT2D eigenvalue weighted by molar-refractivity contribution is -0.123. The van der Waals surface area contributed by atoms with Gasteiger partial charge in [-0.1, -0.05) is 6.07 Å². The molecule has 1 heterocycles. The first-order valence-electron chi connectivity index (χ1n) is 5.95. The molecule has 1 aromatic rings. The average molecular weight is 248 g/mol. The molecule has 1 saturated heterocycles. The summed E-state index contributed by atoms with van der Waals surface area (Å²) in [4.78, 5) is 25.0. The Balaban J connectivity index is 2.11. The number of primary amides is 1. The zero-order valence-electron chi connectivity index (χ0n) is 10.0. The van der Waals surface area contributed by atoms with Crippen molar-refractivity contribution in [1.82, 2.24) is 4.90 Å². The predicted octanol–water partition coefficient (Wildman–Crippen LogP) is 0.730. The summed E-state index contributed by atoms with van der Waals surface area (Å²) in [7, 11) is 0. The maximum atomic E-state index is 12.2. The van der Waals surface area contributed by atoms with Crippen molar-refractivity contribution in [2.24, 2.45) is 11.7 Å². The molecule has 5 nitrogen and oxygen atoms in total. The third-order valence-electron chi connectivity index (χ3n) is 3.20. The van der Waals surface area contributed by atoms with E-state index in [4.69, 9.17) is 5.73 Å². The molecule has 1 fully saturated rings. The fourth-order valence-electron chi connectivity index (χ4n) is 2.22. The molecule has 0 spiro atoms. The SMILES string of the molecule is NC(=O)C1CCCN(C(=O)c2cccc(O)c2)C1. The van der Waals surface area contributed by atoms with Gasteiger partial charge in [0, 0.05) is 18.7 Å². The van der Waals surface area contributed by atoms with E-state index >= 15 is 0 Å². The van der Waals surface area contributed by atoms with Crippen LogP contribution in [0.1, 0.15) is 23.2 Å². The molecule has 2 rings (SSSR count). The summed E-state index contributed by atoms with van der Waals surface area (Å²) in [5.74, 6) is -0.732. The maximum Gasteiger partial charge on any atom is 0.254 e. The van der Waals surface area contributed by atoms with Gasteiger partial charge in [0.15, 0.2) is 0 Å². The summed E-state index contributed by atoms with van der Waals surface area (Å²) in [6.07, 6.45) is 1.51. The number of nitrogens with zero attached hydrogens (tertiary/aromatic N) is 1. The first kappa shape index (κ1) is 12.4. The van der Waals surface area contributed by atoms with Crippen molar-refractivity contribution in [3.8, 4) is 5.75 Å². The highest BCUT2D eigenvalue weighted by atomic mass is 16.3. The molecule has 0 saturated carbocycles. The van der Waals surface area contributed by atoms with Gasteiger partial charge in [-0.2, -0.15) is 0 Å². The second kappa shape index (κ2) is 5.08. The van der Waals surface area contributed by atoms with E-state index in [1.54, 1.807) is 17.0 Å². The van der Waals surface area contributed by atoms with E-state index in [9.17, 15) is 14.7 Å². The summed E-state index contributed by atoms with van der Waals surface area (Å²) in [6.45, 7) is 0.988. The Morgan fingerprint density at radius 3 is 2.83 bits per heavy atom. The quantitative estimate of drug-likeness (QED) is 0.809. The molecule has 0 radical (unpaired) electrons. The van der Waals surface area contributed by atoms with E-state index in [1.807, 2.05) is 0 Å². The van der Waals surface area contributed by atoms with Gasteiger partial charge in [-0.15, -0.1) is 0 Å². The Hall–Kier alpha value is -2.04. The predicted molar refractivity (Wildman–Crippen MR) is 65.9 cm³/mol. The van der Waals surface area contributed by atoms with E-state index in [1.165, 1.54) is 12.1 Å². The highest BCUT2D eigenvalue weighted by Gasteiger charge is 2.27. The van der Waals surface area contributed by atoms with Crippen molar-refractivity contribution in [2.45, 2.75) is 12.8 Å². The number of phenols is 1. The number of hydrogen-bond acceptors (Lipinski definition) is 3. The molecule has 0 aliphatic carbocycles. The van der Waals surface area contributed by atoms with E-state index in [0.717, 1.165) is 12.8 Å². The van der Waals surface area contributed by atoms with Crippen LogP contribution in [0, 0.1) is 5.92 Å². The number of nitrogens with two attached hydrogens (primary N) is 1. The van der Waals surface area contributed by atoms with E-state index in [2.05, 4.69) is 0 Å². The average Bonchev–Trinajstić information content (AvgIpc) is 2.38. The molecule has 3 N–H and O–H groups in total. The van der Waals surface area contributed by atoms with Gasteiger partial charge < -0.3 is 15.7 Å². The number of piperidine rings is 1. The summed E-state index contributed by atoms with van der Waals surface area (Å²) >= 11 is 0. The molecule has 96 valence electrons. The van der Waals surface area contributed by atoms with Crippen LogP contribution in [0.25, 0.3) is 0 Å². The van der Waals surface area contributed by atoms with E-state index in [-0.39, 0.29) is 23.5 Å². The molecule has 1 atom stereocenters. The minimum absolute atomic E-state index is 0.0595. The molecular formula is C13H16N2O3. The summed E-state index contributed by atoms with van der Waals surface area (Å²) in [5.41, 5.74) is 5.71. The lowest BCUT2D eigenvalue weighted by atomic mass is 9.97. The number of carbonyl (C=O) groups excluding carboxylic acids is 2. The molecule has 1 aromatic carbocycles. The van der Waals surface area contributed by atoms with E-state index < -0.39 is 0 Å². The molecule has 0 aromatic heterocycles. The monoisotopic (exact) mass is 248 g/mol. The summed E-state index contributed by atoms with van der Waals surface area (Å²) in [5, 5.41) is 9.36. The number of hydrogen-bond donors (Lipinski definition) is 2. The first-order chi connectivity index (χ1) is 8.58. The summed E-state index contributed by atoms with van der Waals surface area (Å²) < 4.78 is 0. The number of amides is 2. The van der Waals surface area contributed by atoms with Gasteiger partial charge in [0.25, 0.3) is 5.91 Å². The zero-order chi connectivity index (χ0) is 13.1. The molecule has 2 amide bonds. The van der Waals surface area contributed by atoms with Crippen molar-refractivity contribution in [3.05, 3.63) is 29.8 Å². The smallest absolute Gasteiger partial charge is 0.254 e. The van der Waals surface area contributed by atoms with Gasteiger partial charge in [0.2, 0.25) is 5.91 Å². The van der Waals surface area contributed by atoms with Crippen molar-refractivity contribution >= 4 is 11.8 Å². The van der Waals surface area contributed by atoms with Gasteiger partial charge in [-0.3, -0.25) is 9.59 Å². The normalized spacial score (nSPS) is 19.6. The second-order valence-electron chi connectivity index (χ2n) is 4.54. The number of carbonyl (C=O) groups is 2. The molecule has 0 bridgehead atoms. The Morgan fingerprint density at radius 2 is 2.17 bits per heavy atom.